The summed E-state index contributed by atoms with van der Waals surface area (Å²) < 4.78 is 5.92. The van der Waals surface area contributed by atoms with E-state index in [9.17, 15) is 4.79 Å². The molecule has 24 heavy (non-hydrogen) atoms. The zero-order valence-corrected chi connectivity index (χ0v) is 13.2. The van der Waals surface area contributed by atoms with Crippen LogP contribution in [0.25, 0.3) is 10.9 Å². The van der Waals surface area contributed by atoms with Gasteiger partial charge in [0, 0.05) is 36.3 Å². The standard InChI is InChI=1S/C19H19N3O2/c23-19(15-4-3-13-7-10-21-17(13)12-15)22-16-2-1-11-24-18(16)14-5-8-20-9-6-14/h3-10,12,16,18,21H,1-2,11H2,(H,22,23)/t16-,18+/m0/s1. The first-order chi connectivity index (χ1) is 11.8. The van der Waals surface area contributed by atoms with Crippen molar-refractivity contribution >= 4 is 16.8 Å². The number of aromatic amines is 1. The van der Waals surface area contributed by atoms with Gasteiger partial charge in [0.1, 0.15) is 6.10 Å². The number of aromatic nitrogens is 2. The van der Waals surface area contributed by atoms with E-state index in [0.29, 0.717) is 12.2 Å². The number of fused-ring (bicyclic) bond motifs is 1. The molecule has 2 atom stereocenters. The quantitative estimate of drug-likeness (QED) is 0.778. The number of hydrogen-bond acceptors (Lipinski definition) is 3. The second-order valence-corrected chi connectivity index (χ2v) is 6.07. The first kappa shape index (κ1) is 14.9. The van der Waals surface area contributed by atoms with Crippen molar-refractivity contribution in [2.75, 3.05) is 6.61 Å². The van der Waals surface area contributed by atoms with Gasteiger partial charge in [0.05, 0.1) is 6.04 Å². The van der Waals surface area contributed by atoms with E-state index in [0.717, 1.165) is 29.3 Å². The van der Waals surface area contributed by atoms with Crippen molar-refractivity contribution in [1.82, 2.24) is 15.3 Å². The van der Waals surface area contributed by atoms with Crippen molar-refractivity contribution < 1.29 is 9.53 Å². The van der Waals surface area contributed by atoms with Crippen molar-refractivity contribution in [1.29, 1.82) is 0 Å². The summed E-state index contributed by atoms with van der Waals surface area (Å²) >= 11 is 0. The first-order valence-corrected chi connectivity index (χ1v) is 8.21. The molecule has 1 aliphatic rings. The molecular weight excluding hydrogens is 302 g/mol. The van der Waals surface area contributed by atoms with Gasteiger partial charge in [-0.25, -0.2) is 0 Å². The topological polar surface area (TPSA) is 67.0 Å². The van der Waals surface area contributed by atoms with Crippen molar-refractivity contribution in [3.8, 4) is 0 Å². The molecule has 4 rings (SSSR count). The van der Waals surface area contributed by atoms with E-state index in [2.05, 4.69) is 15.3 Å². The van der Waals surface area contributed by atoms with Gasteiger partial charge in [-0.3, -0.25) is 9.78 Å². The summed E-state index contributed by atoms with van der Waals surface area (Å²) in [7, 11) is 0. The fourth-order valence-corrected chi connectivity index (χ4v) is 3.25. The van der Waals surface area contributed by atoms with Crippen LogP contribution in [0.3, 0.4) is 0 Å². The molecule has 2 aromatic heterocycles. The van der Waals surface area contributed by atoms with Gasteiger partial charge in [0.25, 0.3) is 5.91 Å². The number of carbonyl (C=O) groups is 1. The number of pyridine rings is 1. The van der Waals surface area contributed by atoms with E-state index < -0.39 is 0 Å². The molecule has 5 nitrogen and oxygen atoms in total. The lowest BCUT2D eigenvalue weighted by atomic mass is 9.96. The van der Waals surface area contributed by atoms with Gasteiger partial charge in [0.2, 0.25) is 0 Å². The summed E-state index contributed by atoms with van der Waals surface area (Å²) in [5.74, 6) is -0.0685. The molecule has 122 valence electrons. The Morgan fingerprint density at radius 1 is 1.21 bits per heavy atom. The molecule has 0 aliphatic carbocycles. The minimum absolute atomic E-state index is 0.0343. The molecule has 3 aromatic rings. The number of nitrogens with zero attached hydrogens (tertiary/aromatic N) is 1. The fourth-order valence-electron chi connectivity index (χ4n) is 3.25. The summed E-state index contributed by atoms with van der Waals surface area (Å²) in [6.45, 7) is 0.716. The molecule has 0 radical (unpaired) electrons. The highest BCUT2D eigenvalue weighted by molar-refractivity contribution is 5.98. The van der Waals surface area contributed by atoms with Crippen LogP contribution in [0, 0.1) is 0 Å². The van der Waals surface area contributed by atoms with Gasteiger partial charge in [-0.05, 0) is 54.1 Å². The van der Waals surface area contributed by atoms with E-state index in [-0.39, 0.29) is 18.1 Å². The molecule has 3 heterocycles. The number of carbonyl (C=O) groups excluding carboxylic acids is 1. The Bertz CT molecular complexity index is 844. The Kier molecular flexibility index (Phi) is 4.01. The van der Waals surface area contributed by atoms with E-state index >= 15 is 0 Å². The molecule has 0 spiro atoms. The van der Waals surface area contributed by atoms with Gasteiger partial charge in [0.15, 0.2) is 0 Å². The van der Waals surface area contributed by atoms with Crippen molar-refractivity contribution in [3.63, 3.8) is 0 Å². The van der Waals surface area contributed by atoms with E-state index in [4.69, 9.17) is 4.74 Å². The number of benzene rings is 1. The highest BCUT2D eigenvalue weighted by atomic mass is 16.5. The molecule has 1 aliphatic heterocycles. The van der Waals surface area contributed by atoms with Crippen molar-refractivity contribution in [3.05, 3.63) is 66.1 Å². The molecule has 0 saturated carbocycles. The average molecular weight is 321 g/mol. The summed E-state index contributed by atoms with van der Waals surface area (Å²) in [5, 5.41) is 4.24. The molecule has 1 fully saturated rings. The third kappa shape index (κ3) is 2.90. The van der Waals surface area contributed by atoms with Crippen LogP contribution < -0.4 is 5.32 Å². The normalized spacial score (nSPS) is 20.8. The number of rotatable bonds is 3. The van der Waals surface area contributed by atoms with Crippen LogP contribution in [-0.4, -0.2) is 28.5 Å². The molecule has 0 bridgehead atoms. The molecule has 0 unspecified atom stereocenters. The highest BCUT2D eigenvalue weighted by Crippen LogP contribution is 2.28. The Morgan fingerprint density at radius 3 is 2.96 bits per heavy atom. The highest BCUT2D eigenvalue weighted by Gasteiger charge is 2.29. The lowest BCUT2D eigenvalue weighted by molar-refractivity contribution is -0.00950. The lowest BCUT2D eigenvalue weighted by Crippen LogP contribution is -2.42. The third-order valence-corrected chi connectivity index (χ3v) is 4.49. The number of nitrogens with one attached hydrogen (secondary N) is 2. The Labute approximate surface area is 140 Å². The molecule has 1 aromatic carbocycles. The fraction of sp³-hybridized carbons (Fsp3) is 0.263. The Balaban J connectivity index is 1.54. The van der Waals surface area contributed by atoms with E-state index in [1.807, 2.05) is 42.6 Å². The molecule has 5 heteroatoms. The van der Waals surface area contributed by atoms with Gasteiger partial charge >= 0.3 is 0 Å². The maximum Gasteiger partial charge on any atom is 0.251 e. The van der Waals surface area contributed by atoms with E-state index in [1.54, 1.807) is 12.4 Å². The largest absolute Gasteiger partial charge is 0.371 e. The van der Waals surface area contributed by atoms with Crippen LogP contribution in [-0.2, 0) is 4.74 Å². The Morgan fingerprint density at radius 2 is 2.08 bits per heavy atom. The maximum atomic E-state index is 12.7. The van der Waals surface area contributed by atoms with Gasteiger partial charge in [-0.1, -0.05) is 6.07 Å². The van der Waals surface area contributed by atoms with Crippen LogP contribution in [0.2, 0.25) is 0 Å². The minimum atomic E-state index is -0.125. The monoisotopic (exact) mass is 321 g/mol. The Hall–Kier alpha value is -2.66. The van der Waals surface area contributed by atoms with Gasteiger partial charge in [-0.2, -0.15) is 0 Å². The van der Waals surface area contributed by atoms with Crippen LogP contribution in [0.4, 0.5) is 0 Å². The van der Waals surface area contributed by atoms with Gasteiger partial charge in [-0.15, -0.1) is 0 Å². The maximum absolute atomic E-state index is 12.7. The number of H-pyrrole nitrogens is 1. The lowest BCUT2D eigenvalue weighted by Gasteiger charge is -2.32. The third-order valence-electron chi connectivity index (χ3n) is 4.49. The van der Waals surface area contributed by atoms with E-state index in [1.165, 1.54) is 0 Å². The van der Waals surface area contributed by atoms with Gasteiger partial charge < -0.3 is 15.0 Å². The molecule has 2 N–H and O–H groups in total. The number of ether oxygens (including phenoxy) is 1. The van der Waals surface area contributed by atoms with Crippen LogP contribution in [0.1, 0.15) is 34.9 Å². The average Bonchev–Trinajstić information content (AvgIpc) is 3.10. The first-order valence-electron chi connectivity index (χ1n) is 8.21. The SMILES string of the molecule is O=C(N[C@H]1CCCO[C@@H]1c1ccncc1)c1ccc2cc[nH]c2c1. The summed E-state index contributed by atoms with van der Waals surface area (Å²) in [6, 6.07) is 11.5. The van der Waals surface area contributed by atoms with Crippen LogP contribution in [0.15, 0.2) is 55.0 Å². The number of hydrogen-bond donors (Lipinski definition) is 2. The van der Waals surface area contributed by atoms with Crippen LogP contribution >= 0.6 is 0 Å². The second kappa shape index (κ2) is 6.45. The second-order valence-electron chi connectivity index (χ2n) is 6.07. The molecular formula is C19H19N3O2. The molecule has 1 saturated heterocycles. The van der Waals surface area contributed by atoms with Crippen molar-refractivity contribution in [2.24, 2.45) is 0 Å². The summed E-state index contributed by atoms with van der Waals surface area (Å²) in [5.41, 5.74) is 2.67. The predicted molar refractivity (Wildman–Crippen MR) is 91.7 cm³/mol. The van der Waals surface area contributed by atoms with Crippen LogP contribution in [0.5, 0.6) is 0 Å². The smallest absolute Gasteiger partial charge is 0.251 e. The predicted octanol–water partition coefficient (Wildman–Crippen LogP) is 3.21. The summed E-state index contributed by atoms with van der Waals surface area (Å²) in [6.07, 6.45) is 7.11. The van der Waals surface area contributed by atoms with Crippen molar-refractivity contribution in [2.45, 2.75) is 25.0 Å². The molecule has 1 amide bonds. The zero-order valence-electron chi connectivity index (χ0n) is 13.2. The minimum Gasteiger partial charge on any atom is -0.371 e. The summed E-state index contributed by atoms with van der Waals surface area (Å²) in [4.78, 5) is 19.9. The zero-order chi connectivity index (χ0) is 16.4. The number of amides is 1.